The Morgan fingerprint density at radius 3 is 2.40 bits per heavy atom. The molecular formula is CHClN2O. The van der Waals surface area contributed by atoms with Crippen molar-refractivity contribution in [1.82, 2.24) is 0 Å². The second-order valence-electron chi connectivity index (χ2n) is 0.295. The quantitative estimate of drug-likeness (QED) is 0.270. The van der Waals surface area contributed by atoms with Gasteiger partial charge >= 0.3 is 0 Å². The first-order valence-electron chi connectivity index (χ1n) is 0.859. The molecule has 0 aliphatic heterocycles. The Morgan fingerprint density at radius 1 is 1.80 bits per heavy atom. The van der Waals surface area contributed by atoms with Gasteiger partial charge in [-0.25, -0.2) is 0 Å². The second-order valence-corrected chi connectivity index (χ2v) is 0.490. The van der Waals surface area contributed by atoms with Crippen LogP contribution >= 0.6 is 11.6 Å². The summed E-state index contributed by atoms with van der Waals surface area (Å²) in [6.07, 6.45) is 0. The number of nitrogens with zero attached hydrogens (tertiary/aromatic N) is 2. The summed E-state index contributed by atoms with van der Waals surface area (Å²) in [6, 6.07) is 0. The van der Waals surface area contributed by atoms with Crippen LogP contribution in [-0.4, -0.2) is 5.67 Å². The Hall–Kier alpha value is -0.440. The van der Waals surface area contributed by atoms with Crippen LogP contribution in [0, 0.1) is 4.91 Å². The average Bonchev–Trinajstić information content (AvgIpc) is 1.41. The molecule has 0 heterocycles. The van der Waals surface area contributed by atoms with Gasteiger partial charge in [0.15, 0.2) is 0 Å². The lowest BCUT2D eigenvalue weighted by atomic mass is 11.7. The normalized spacial score (nSPS) is 9.00. The van der Waals surface area contributed by atoms with Crippen molar-refractivity contribution in [2.24, 2.45) is 10.4 Å². The highest BCUT2D eigenvalue weighted by molar-refractivity contribution is 6.56. The van der Waals surface area contributed by atoms with Crippen molar-refractivity contribution >= 4 is 17.3 Å². The largest absolute Gasteiger partial charge is 0.123 e. The summed E-state index contributed by atoms with van der Waals surface area (Å²) < 4.78 is 0. The van der Waals surface area contributed by atoms with E-state index in [9.17, 15) is 0 Å². The van der Waals surface area contributed by atoms with Gasteiger partial charge in [0.25, 0.3) is 0 Å². The van der Waals surface area contributed by atoms with Gasteiger partial charge in [-0.2, -0.15) is 0 Å². The summed E-state index contributed by atoms with van der Waals surface area (Å²) in [5.41, 5.74) is 0.799. The van der Waals surface area contributed by atoms with E-state index >= 15 is 0 Å². The lowest BCUT2D eigenvalue weighted by Crippen LogP contribution is -1.40. The van der Waals surface area contributed by atoms with Crippen molar-refractivity contribution in [3.05, 3.63) is 4.91 Å². The third-order valence-electron chi connectivity index (χ3n) is 0.0908. The molecule has 0 saturated heterocycles. The van der Waals surface area contributed by atoms with Crippen LogP contribution in [0.15, 0.2) is 10.4 Å². The SMILES string of the molecule is O=N/N=C/Cl. The van der Waals surface area contributed by atoms with E-state index in [-0.39, 0.29) is 0 Å². The first-order chi connectivity index (χ1) is 2.41. The van der Waals surface area contributed by atoms with E-state index in [0.29, 0.717) is 0 Å². The highest BCUT2D eigenvalue weighted by Gasteiger charge is 1.49. The zero-order chi connectivity index (χ0) is 4.12. The van der Waals surface area contributed by atoms with Crippen molar-refractivity contribution < 1.29 is 0 Å². The third kappa shape index (κ3) is 3.56. The van der Waals surface area contributed by atoms with E-state index in [1.807, 2.05) is 5.29 Å². The summed E-state index contributed by atoms with van der Waals surface area (Å²) in [5, 5.41) is 4.72. The number of hydrogen-bond donors (Lipinski definition) is 0. The van der Waals surface area contributed by atoms with Gasteiger partial charge in [0, 0.05) is 0 Å². The molecule has 0 aliphatic carbocycles. The van der Waals surface area contributed by atoms with Gasteiger partial charge in [0.1, 0.15) is 5.67 Å². The van der Waals surface area contributed by atoms with Crippen molar-refractivity contribution in [3.8, 4) is 0 Å². The van der Waals surface area contributed by atoms with Gasteiger partial charge in [0.2, 0.25) is 0 Å². The van der Waals surface area contributed by atoms with Crippen molar-refractivity contribution in [2.75, 3.05) is 0 Å². The van der Waals surface area contributed by atoms with E-state index in [4.69, 9.17) is 16.5 Å². The lowest BCUT2D eigenvalue weighted by Gasteiger charge is -1.49. The summed E-state index contributed by atoms with van der Waals surface area (Å²) in [5.74, 6) is 0. The van der Waals surface area contributed by atoms with E-state index < -0.39 is 0 Å². The minimum atomic E-state index is 0.799. The van der Waals surface area contributed by atoms with Gasteiger partial charge in [-0.3, -0.25) is 0 Å². The van der Waals surface area contributed by atoms with Gasteiger partial charge in [-0.1, -0.05) is 11.6 Å². The van der Waals surface area contributed by atoms with Gasteiger partial charge in [-0.15, -0.1) is 10.0 Å². The van der Waals surface area contributed by atoms with Crippen LogP contribution in [-0.2, 0) is 0 Å². The zero-order valence-electron chi connectivity index (χ0n) is 2.26. The zero-order valence-corrected chi connectivity index (χ0v) is 3.01. The molecular weight excluding hydrogens is 91.5 g/mol. The fourth-order valence-electron chi connectivity index (χ4n) is 0.0178. The molecule has 0 atom stereocenters. The maximum Gasteiger partial charge on any atom is 0.119 e. The van der Waals surface area contributed by atoms with Crippen molar-refractivity contribution in [1.29, 1.82) is 0 Å². The molecule has 0 aromatic carbocycles. The molecule has 0 fully saturated rings. The molecule has 0 aromatic rings. The maximum absolute atomic E-state index is 8.87. The molecule has 5 heavy (non-hydrogen) atoms. The molecule has 28 valence electrons. The fraction of sp³-hybridized carbons (Fsp3) is 0. The highest BCUT2D eigenvalue weighted by Crippen LogP contribution is 1.64. The first kappa shape index (κ1) is 4.56. The van der Waals surface area contributed by atoms with E-state index in [0.717, 1.165) is 5.67 Å². The minimum absolute atomic E-state index is 0.799. The average molecular weight is 92.5 g/mol. The Kier molecular flexibility index (Phi) is 3.25. The Balaban J connectivity index is 2.92. The number of hydrogen-bond acceptors (Lipinski definition) is 2. The van der Waals surface area contributed by atoms with Crippen molar-refractivity contribution in [3.63, 3.8) is 0 Å². The summed E-state index contributed by atoms with van der Waals surface area (Å²) in [6.45, 7) is 0. The molecule has 0 aliphatic rings. The topological polar surface area (TPSA) is 41.8 Å². The van der Waals surface area contributed by atoms with Gasteiger partial charge < -0.3 is 0 Å². The number of nitroso groups, excluding NO2 is 1. The smallest absolute Gasteiger partial charge is 0.119 e. The van der Waals surface area contributed by atoms with Crippen LogP contribution in [0.5, 0.6) is 0 Å². The van der Waals surface area contributed by atoms with Crippen LogP contribution in [0.4, 0.5) is 0 Å². The molecule has 3 nitrogen and oxygen atoms in total. The predicted octanol–water partition coefficient (Wildman–Crippen LogP) is 0.935. The van der Waals surface area contributed by atoms with Crippen molar-refractivity contribution in [2.45, 2.75) is 0 Å². The Labute approximate surface area is 33.6 Å². The van der Waals surface area contributed by atoms with E-state index in [2.05, 4.69) is 5.10 Å². The molecule has 0 unspecified atom stereocenters. The summed E-state index contributed by atoms with van der Waals surface area (Å²) >= 11 is 4.72. The molecule has 0 saturated carbocycles. The Morgan fingerprint density at radius 2 is 2.40 bits per heavy atom. The van der Waals surface area contributed by atoms with Crippen LogP contribution < -0.4 is 0 Å². The molecule has 0 spiro atoms. The molecule has 0 rings (SSSR count). The number of halogens is 1. The molecule has 0 amide bonds. The summed E-state index contributed by atoms with van der Waals surface area (Å²) in [4.78, 5) is 8.87. The predicted molar refractivity (Wildman–Crippen MR) is 20.1 cm³/mol. The highest BCUT2D eigenvalue weighted by atomic mass is 35.5. The first-order valence-corrected chi connectivity index (χ1v) is 1.30. The van der Waals surface area contributed by atoms with Gasteiger partial charge in [0.05, 0.1) is 5.29 Å². The molecule has 0 bridgehead atoms. The minimum Gasteiger partial charge on any atom is -0.123 e. The van der Waals surface area contributed by atoms with Crippen LogP contribution in [0.3, 0.4) is 0 Å². The third-order valence-corrected chi connectivity index (χ3v) is 0.178. The molecule has 0 radical (unpaired) electrons. The Bertz CT molecular complexity index is 51.6. The van der Waals surface area contributed by atoms with Gasteiger partial charge in [-0.05, 0) is 0 Å². The van der Waals surface area contributed by atoms with E-state index in [1.165, 1.54) is 0 Å². The summed E-state index contributed by atoms with van der Waals surface area (Å²) in [7, 11) is 0. The van der Waals surface area contributed by atoms with Crippen LogP contribution in [0.2, 0.25) is 0 Å². The van der Waals surface area contributed by atoms with Crippen LogP contribution in [0.1, 0.15) is 0 Å². The molecule has 4 heteroatoms. The monoisotopic (exact) mass is 92.0 g/mol. The second kappa shape index (κ2) is 3.56. The standard InChI is InChI=1S/CHClN2O/c2-1-3-4-5/h1H/b3-1+. The van der Waals surface area contributed by atoms with E-state index in [1.54, 1.807) is 0 Å². The maximum atomic E-state index is 8.87. The fourth-order valence-corrected chi connectivity index (χ4v) is 0.0535. The van der Waals surface area contributed by atoms with Crippen LogP contribution in [0.25, 0.3) is 0 Å². The number of rotatable bonds is 1. The molecule has 0 N–H and O–H groups in total. The lowest BCUT2D eigenvalue weighted by molar-refractivity contribution is 1.24. The molecule has 0 aromatic heterocycles.